The summed E-state index contributed by atoms with van der Waals surface area (Å²) in [5.74, 6) is -1.38. The number of rotatable bonds is 5. The minimum atomic E-state index is -1.39. The molecule has 1 heterocycles. The van der Waals surface area contributed by atoms with Crippen LogP contribution < -0.4 is 5.32 Å². The molecule has 1 amide bonds. The predicted octanol–water partition coefficient (Wildman–Crippen LogP) is 2.06. The normalized spacial score (nSPS) is 13.4. The Balaban J connectivity index is 1.95. The largest absolute Gasteiger partial charge is 0.480 e. The number of hydrogen-bond donors (Lipinski definition) is 3. The van der Waals surface area contributed by atoms with Gasteiger partial charge in [-0.3, -0.25) is 4.79 Å². The van der Waals surface area contributed by atoms with Gasteiger partial charge in [-0.25, -0.2) is 4.79 Å². The smallest absolute Gasteiger partial charge is 0.328 e. The second-order valence-electron chi connectivity index (χ2n) is 5.64. The van der Waals surface area contributed by atoms with Crippen molar-refractivity contribution in [1.29, 1.82) is 0 Å². The van der Waals surface area contributed by atoms with E-state index < -0.39 is 24.0 Å². The van der Waals surface area contributed by atoms with Gasteiger partial charge < -0.3 is 20.1 Å². The summed E-state index contributed by atoms with van der Waals surface area (Å²) < 4.78 is 5.38. The Morgan fingerprint density at radius 1 is 1.16 bits per heavy atom. The van der Waals surface area contributed by atoms with Gasteiger partial charge in [0.15, 0.2) is 11.8 Å². The van der Waals surface area contributed by atoms with Crippen LogP contribution in [-0.4, -0.2) is 39.4 Å². The summed E-state index contributed by atoms with van der Waals surface area (Å²) in [5, 5.41) is 25.5. The molecule has 0 saturated heterocycles. The first-order chi connectivity index (χ1) is 12.0. The fraction of sp³-hybridized carbons (Fsp3) is 0.167. The third-order valence-electron chi connectivity index (χ3n) is 3.81. The lowest BCUT2D eigenvalue weighted by Crippen LogP contribution is -2.47. The molecule has 0 unspecified atom stereocenters. The topological polar surface area (TPSA) is 113 Å². The Bertz CT molecular complexity index is 918. The molecule has 0 saturated carbocycles. The Labute approximate surface area is 142 Å². The Morgan fingerprint density at radius 3 is 2.52 bits per heavy atom. The maximum absolute atomic E-state index is 12.3. The molecule has 0 radical (unpaired) electrons. The molecule has 0 spiro atoms. The third kappa shape index (κ3) is 3.36. The van der Waals surface area contributed by atoms with E-state index in [-0.39, 0.29) is 5.56 Å². The molecule has 25 heavy (non-hydrogen) atoms. The number of aromatic nitrogens is 1. The van der Waals surface area contributed by atoms with Gasteiger partial charge in [0.25, 0.3) is 5.91 Å². The first-order valence-electron chi connectivity index (χ1n) is 7.64. The zero-order chi connectivity index (χ0) is 18.0. The molecule has 3 N–H and O–H groups in total. The third-order valence-corrected chi connectivity index (χ3v) is 3.81. The zero-order valence-electron chi connectivity index (χ0n) is 13.3. The molecule has 128 valence electrons. The highest BCUT2D eigenvalue weighted by molar-refractivity contribution is 6.02. The van der Waals surface area contributed by atoms with Gasteiger partial charge in [-0.15, -0.1) is 0 Å². The van der Waals surface area contributed by atoms with Crippen molar-refractivity contribution >= 4 is 22.8 Å². The monoisotopic (exact) mass is 340 g/mol. The highest BCUT2D eigenvalue weighted by Crippen LogP contribution is 2.29. The predicted molar refractivity (Wildman–Crippen MR) is 90.0 cm³/mol. The van der Waals surface area contributed by atoms with E-state index in [1.807, 2.05) is 30.3 Å². The molecule has 0 fully saturated rings. The number of aliphatic hydroxyl groups is 1. The van der Waals surface area contributed by atoms with Crippen LogP contribution in [0.1, 0.15) is 17.3 Å². The number of fused-ring (bicyclic) bond motifs is 1. The van der Waals surface area contributed by atoms with E-state index >= 15 is 0 Å². The van der Waals surface area contributed by atoms with Gasteiger partial charge in [0.1, 0.15) is 5.52 Å². The van der Waals surface area contributed by atoms with Crippen LogP contribution in [-0.2, 0) is 4.79 Å². The van der Waals surface area contributed by atoms with Gasteiger partial charge >= 0.3 is 5.97 Å². The minimum Gasteiger partial charge on any atom is -0.480 e. The molecule has 7 heteroatoms. The molecule has 1 aromatic heterocycles. The molecule has 3 rings (SSSR count). The standard InChI is InChI=1S/C18H16N2O5/c1-10(21)15(18(23)24)19-17(22)12-7-8-14-13(9-12)16(25-20-14)11-5-3-2-4-6-11/h2-10,15,21H,1H3,(H,19,22)(H,23,24)/t10-,15+/m0/s1. The van der Waals surface area contributed by atoms with Crippen molar-refractivity contribution in [3.8, 4) is 11.3 Å². The number of nitrogens with zero attached hydrogens (tertiary/aromatic N) is 1. The molecule has 0 aliphatic carbocycles. The van der Waals surface area contributed by atoms with Gasteiger partial charge in [-0.2, -0.15) is 0 Å². The highest BCUT2D eigenvalue weighted by atomic mass is 16.5. The molecule has 3 aromatic rings. The Kier molecular flexibility index (Phi) is 4.49. The van der Waals surface area contributed by atoms with Crippen LogP contribution in [0.4, 0.5) is 0 Å². The first kappa shape index (κ1) is 16.7. The maximum atomic E-state index is 12.3. The number of hydrogen-bond acceptors (Lipinski definition) is 5. The van der Waals surface area contributed by atoms with Gasteiger partial charge in [0.05, 0.1) is 11.5 Å². The number of benzene rings is 2. The van der Waals surface area contributed by atoms with Crippen LogP contribution in [0.2, 0.25) is 0 Å². The minimum absolute atomic E-state index is 0.250. The van der Waals surface area contributed by atoms with Gasteiger partial charge in [0.2, 0.25) is 0 Å². The number of carboxylic acid groups (broad SMARTS) is 1. The number of nitrogens with one attached hydrogen (secondary N) is 1. The Morgan fingerprint density at radius 2 is 1.88 bits per heavy atom. The molecule has 0 aliphatic rings. The fourth-order valence-electron chi connectivity index (χ4n) is 2.49. The summed E-state index contributed by atoms with van der Waals surface area (Å²) in [6.45, 7) is 1.30. The second-order valence-corrected chi connectivity index (χ2v) is 5.64. The number of amides is 1. The van der Waals surface area contributed by atoms with Crippen LogP contribution in [0.5, 0.6) is 0 Å². The van der Waals surface area contributed by atoms with Crippen molar-refractivity contribution < 1.29 is 24.3 Å². The van der Waals surface area contributed by atoms with Crippen molar-refractivity contribution in [3.63, 3.8) is 0 Å². The van der Waals surface area contributed by atoms with E-state index in [1.165, 1.54) is 13.0 Å². The molecule has 0 aliphatic heterocycles. The number of carbonyl (C=O) groups is 2. The summed E-state index contributed by atoms with van der Waals surface area (Å²) in [5.41, 5.74) is 1.65. The lowest BCUT2D eigenvalue weighted by atomic mass is 10.1. The quantitative estimate of drug-likeness (QED) is 0.655. The summed E-state index contributed by atoms with van der Waals surface area (Å²) in [7, 11) is 0. The van der Waals surface area contributed by atoms with E-state index in [1.54, 1.807) is 12.1 Å². The maximum Gasteiger partial charge on any atom is 0.328 e. The van der Waals surface area contributed by atoms with E-state index in [0.29, 0.717) is 16.7 Å². The fourth-order valence-corrected chi connectivity index (χ4v) is 2.49. The van der Waals surface area contributed by atoms with E-state index in [4.69, 9.17) is 9.63 Å². The summed E-state index contributed by atoms with van der Waals surface area (Å²) in [4.78, 5) is 23.5. The van der Waals surface area contributed by atoms with Crippen LogP contribution in [0.15, 0.2) is 53.1 Å². The molecule has 7 nitrogen and oxygen atoms in total. The molecule has 2 atom stereocenters. The van der Waals surface area contributed by atoms with Crippen molar-refractivity contribution in [2.75, 3.05) is 0 Å². The lowest BCUT2D eigenvalue weighted by molar-refractivity contribution is -0.141. The molecule has 2 aromatic carbocycles. The zero-order valence-corrected chi connectivity index (χ0v) is 13.3. The number of carbonyl (C=O) groups excluding carboxylic acids is 1. The summed E-state index contributed by atoms with van der Waals surface area (Å²) in [6, 6.07) is 12.7. The summed E-state index contributed by atoms with van der Waals surface area (Å²) >= 11 is 0. The second kappa shape index (κ2) is 6.74. The molecular formula is C18H16N2O5. The van der Waals surface area contributed by atoms with E-state index in [2.05, 4.69) is 10.5 Å². The van der Waals surface area contributed by atoms with Crippen molar-refractivity contribution in [2.45, 2.75) is 19.1 Å². The lowest BCUT2D eigenvalue weighted by Gasteiger charge is -2.16. The molecule has 0 bridgehead atoms. The van der Waals surface area contributed by atoms with E-state index in [0.717, 1.165) is 5.56 Å². The van der Waals surface area contributed by atoms with Crippen molar-refractivity contribution in [1.82, 2.24) is 10.5 Å². The first-order valence-corrected chi connectivity index (χ1v) is 7.64. The number of aliphatic hydroxyl groups excluding tert-OH is 1. The summed E-state index contributed by atoms with van der Waals surface area (Å²) in [6.07, 6.45) is -1.22. The van der Waals surface area contributed by atoms with Crippen LogP contribution in [0, 0.1) is 0 Å². The van der Waals surface area contributed by atoms with Crippen molar-refractivity contribution in [3.05, 3.63) is 54.1 Å². The van der Waals surface area contributed by atoms with Crippen LogP contribution in [0.25, 0.3) is 22.2 Å². The van der Waals surface area contributed by atoms with Crippen LogP contribution in [0.3, 0.4) is 0 Å². The van der Waals surface area contributed by atoms with E-state index in [9.17, 15) is 14.7 Å². The van der Waals surface area contributed by atoms with Gasteiger partial charge in [0, 0.05) is 11.1 Å². The molecular weight excluding hydrogens is 324 g/mol. The average Bonchev–Trinajstić information content (AvgIpc) is 3.02. The van der Waals surface area contributed by atoms with Gasteiger partial charge in [-0.05, 0) is 25.1 Å². The SMILES string of the molecule is C[C@H](O)[C@@H](NC(=O)c1ccc2noc(-c3ccccc3)c2c1)C(=O)O. The number of carboxylic acids is 1. The average molecular weight is 340 g/mol. The van der Waals surface area contributed by atoms with Gasteiger partial charge in [-0.1, -0.05) is 35.5 Å². The Hall–Kier alpha value is -3.19. The van der Waals surface area contributed by atoms with Crippen LogP contribution >= 0.6 is 0 Å². The highest BCUT2D eigenvalue weighted by Gasteiger charge is 2.25. The van der Waals surface area contributed by atoms with Crippen molar-refractivity contribution in [2.24, 2.45) is 0 Å². The number of aliphatic carboxylic acids is 1.